The lowest BCUT2D eigenvalue weighted by Crippen LogP contribution is -2.41. The van der Waals surface area contributed by atoms with Crippen LogP contribution in [-0.2, 0) is 4.74 Å². The number of methoxy groups -OCH3 is 1. The van der Waals surface area contributed by atoms with Crippen LogP contribution in [0.3, 0.4) is 0 Å². The van der Waals surface area contributed by atoms with Crippen molar-refractivity contribution < 1.29 is 4.74 Å². The first-order valence-corrected chi connectivity index (χ1v) is 4.99. The zero-order valence-electron chi connectivity index (χ0n) is 9.77. The molecule has 13 heavy (non-hydrogen) atoms. The van der Waals surface area contributed by atoms with Crippen LogP contribution >= 0.6 is 0 Å². The fourth-order valence-electron chi connectivity index (χ4n) is 3.04. The van der Waals surface area contributed by atoms with Crippen LogP contribution in [0.15, 0.2) is 0 Å². The average Bonchev–Trinajstić information content (AvgIpc) is 2.43. The maximum Gasteiger partial charge on any atom is 0.0810 e. The highest BCUT2D eigenvalue weighted by Crippen LogP contribution is 2.72. The number of nitrogens with two attached hydrogens (primary N) is 1. The van der Waals surface area contributed by atoms with E-state index >= 15 is 0 Å². The van der Waals surface area contributed by atoms with E-state index < -0.39 is 0 Å². The summed E-state index contributed by atoms with van der Waals surface area (Å²) in [4.78, 5) is 0. The summed E-state index contributed by atoms with van der Waals surface area (Å²) in [7, 11) is 1.76. The lowest BCUT2D eigenvalue weighted by molar-refractivity contribution is -0.0201. The van der Waals surface area contributed by atoms with Crippen molar-refractivity contribution in [2.24, 2.45) is 22.5 Å². The van der Waals surface area contributed by atoms with E-state index in [1.807, 2.05) is 0 Å². The highest BCUT2D eigenvalue weighted by molar-refractivity contribution is 5.19. The maximum atomic E-state index is 5.78. The van der Waals surface area contributed by atoms with Crippen molar-refractivity contribution in [3.05, 3.63) is 0 Å². The summed E-state index contributed by atoms with van der Waals surface area (Å²) in [5.74, 6) is 0.558. The van der Waals surface area contributed by atoms with E-state index in [4.69, 9.17) is 10.5 Å². The largest absolute Gasteiger partial charge is 0.377 e. The Morgan fingerprint density at radius 2 is 1.62 bits per heavy atom. The van der Waals surface area contributed by atoms with E-state index in [0.29, 0.717) is 23.3 Å². The molecule has 1 aliphatic carbocycles. The van der Waals surface area contributed by atoms with E-state index in [9.17, 15) is 0 Å². The number of ether oxygens (including phenoxy) is 1. The van der Waals surface area contributed by atoms with Crippen molar-refractivity contribution in [1.29, 1.82) is 0 Å². The molecular weight excluding hydrogens is 162 g/mol. The first kappa shape index (κ1) is 11.0. The third-order valence-electron chi connectivity index (χ3n) is 4.50. The molecule has 1 atom stereocenters. The van der Waals surface area contributed by atoms with Gasteiger partial charge in [-0.05, 0) is 17.8 Å². The Balaban J connectivity index is 2.88. The van der Waals surface area contributed by atoms with E-state index in [2.05, 4.69) is 34.6 Å². The lowest BCUT2D eigenvalue weighted by atomic mass is 9.93. The SMILES string of the molecule is COC(C)(CN)C1C(C)(C)C1(C)C. The van der Waals surface area contributed by atoms with Gasteiger partial charge in [0, 0.05) is 19.6 Å². The van der Waals surface area contributed by atoms with Crippen molar-refractivity contribution in [1.82, 2.24) is 0 Å². The fraction of sp³-hybridized carbons (Fsp3) is 1.00. The van der Waals surface area contributed by atoms with Gasteiger partial charge in [0.05, 0.1) is 5.60 Å². The summed E-state index contributed by atoms with van der Waals surface area (Å²) in [6, 6.07) is 0. The van der Waals surface area contributed by atoms with Gasteiger partial charge >= 0.3 is 0 Å². The summed E-state index contributed by atoms with van der Waals surface area (Å²) < 4.78 is 5.56. The van der Waals surface area contributed by atoms with Crippen LogP contribution < -0.4 is 5.73 Å². The van der Waals surface area contributed by atoms with Gasteiger partial charge in [0.2, 0.25) is 0 Å². The number of rotatable bonds is 3. The monoisotopic (exact) mass is 185 g/mol. The van der Waals surface area contributed by atoms with Crippen molar-refractivity contribution in [2.75, 3.05) is 13.7 Å². The Morgan fingerprint density at radius 3 is 1.69 bits per heavy atom. The number of hydrogen-bond acceptors (Lipinski definition) is 2. The molecule has 1 saturated carbocycles. The molecule has 0 aromatic heterocycles. The average molecular weight is 185 g/mol. The summed E-state index contributed by atoms with van der Waals surface area (Å²) in [5, 5.41) is 0. The molecule has 2 nitrogen and oxygen atoms in total. The van der Waals surface area contributed by atoms with Gasteiger partial charge in [0.1, 0.15) is 0 Å². The van der Waals surface area contributed by atoms with Crippen LogP contribution in [0.2, 0.25) is 0 Å². The third kappa shape index (κ3) is 1.23. The zero-order chi connectivity index (χ0) is 10.5. The molecule has 0 bridgehead atoms. The second kappa shape index (κ2) is 2.71. The molecule has 2 N–H and O–H groups in total. The smallest absolute Gasteiger partial charge is 0.0810 e. The quantitative estimate of drug-likeness (QED) is 0.730. The van der Waals surface area contributed by atoms with Gasteiger partial charge < -0.3 is 10.5 Å². The summed E-state index contributed by atoms with van der Waals surface area (Å²) in [6.07, 6.45) is 0. The summed E-state index contributed by atoms with van der Waals surface area (Å²) in [5.41, 5.74) is 6.30. The first-order valence-electron chi connectivity index (χ1n) is 4.99. The van der Waals surface area contributed by atoms with Gasteiger partial charge in [-0.25, -0.2) is 0 Å². The normalized spacial score (nSPS) is 29.8. The van der Waals surface area contributed by atoms with E-state index in [1.54, 1.807) is 7.11 Å². The Kier molecular flexibility index (Phi) is 2.29. The van der Waals surface area contributed by atoms with Crippen LogP contribution in [0, 0.1) is 16.7 Å². The van der Waals surface area contributed by atoms with Crippen molar-refractivity contribution in [3.63, 3.8) is 0 Å². The minimum absolute atomic E-state index is 0.160. The molecule has 78 valence electrons. The highest BCUT2D eigenvalue weighted by Gasteiger charge is 2.70. The lowest BCUT2D eigenvalue weighted by Gasteiger charge is -2.29. The Hall–Kier alpha value is -0.0800. The van der Waals surface area contributed by atoms with Gasteiger partial charge in [0.25, 0.3) is 0 Å². The molecule has 1 aliphatic rings. The van der Waals surface area contributed by atoms with Crippen molar-refractivity contribution >= 4 is 0 Å². The van der Waals surface area contributed by atoms with Crippen LogP contribution in [-0.4, -0.2) is 19.3 Å². The second-order valence-electron chi connectivity index (χ2n) is 5.60. The maximum absolute atomic E-state index is 5.78. The molecule has 2 heteroatoms. The first-order chi connectivity index (χ1) is 5.74. The van der Waals surface area contributed by atoms with E-state index in [1.165, 1.54) is 0 Å². The predicted octanol–water partition coefficient (Wildman–Crippen LogP) is 2.03. The fourth-order valence-corrected chi connectivity index (χ4v) is 3.04. The molecule has 0 heterocycles. The molecule has 1 rings (SSSR count). The van der Waals surface area contributed by atoms with Crippen molar-refractivity contribution in [3.8, 4) is 0 Å². The molecule has 0 spiro atoms. The molecule has 0 aromatic carbocycles. The molecule has 0 radical (unpaired) electrons. The highest BCUT2D eigenvalue weighted by atomic mass is 16.5. The Labute approximate surface area is 81.8 Å². The van der Waals surface area contributed by atoms with E-state index in [0.717, 1.165) is 0 Å². The zero-order valence-corrected chi connectivity index (χ0v) is 9.77. The second-order valence-corrected chi connectivity index (χ2v) is 5.60. The molecule has 0 aliphatic heterocycles. The van der Waals surface area contributed by atoms with Crippen LogP contribution in [0.5, 0.6) is 0 Å². The van der Waals surface area contributed by atoms with Crippen LogP contribution in [0.4, 0.5) is 0 Å². The molecule has 1 unspecified atom stereocenters. The van der Waals surface area contributed by atoms with Gasteiger partial charge in [-0.2, -0.15) is 0 Å². The minimum atomic E-state index is -0.160. The molecule has 0 aromatic rings. The molecule has 0 amide bonds. The van der Waals surface area contributed by atoms with Gasteiger partial charge in [-0.1, -0.05) is 27.7 Å². The topological polar surface area (TPSA) is 35.2 Å². The summed E-state index contributed by atoms with van der Waals surface area (Å²) in [6.45, 7) is 11.9. The predicted molar refractivity (Wildman–Crippen MR) is 55.5 cm³/mol. The molecule has 0 saturated heterocycles. The summed E-state index contributed by atoms with van der Waals surface area (Å²) >= 11 is 0. The van der Waals surface area contributed by atoms with Crippen LogP contribution in [0.1, 0.15) is 34.6 Å². The Morgan fingerprint density at radius 1 is 1.23 bits per heavy atom. The minimum Gasteiger partial charge on any atom is -0.377 e. The van der Waals surface area contributed by atoms with Gasteiger partial charge in [-0.15, -0.1) is 0 Å². The third-order valence-corrected chi connectivity index (χ3v) is 4.50. The molecular formula is C11H23NO. The van der Waals surface area contributed by atoms with E-state index in [-0.39, 0.29) is 5.60 Å². The van der Waals surface area contributed by atoms with Gasteiger partial charge in [0.15, 0.2) is 0 Å². The standard InChI is InChI=1S/C11H23NO/c1-9(2)8(10(9,3)4)11(5,7-12)13-6/h8H,7,12H2,1-6H3. The molecule has 1 fully saturated rings. The van der Waals surface area contributed by atoms with Crippen molar-refractivity contribution in [2.45, 2.75) is 40.2 Å². The van der Waals surface area contributed by atoms with Crippen LogP contribution in [0.25, 0.3) is 0 Å². The van der Waals surface area contributed by atoms with Gasteiger partial charge in [-0.3, -0.25) is 0 Å². The number of hydrogen-bond donors (Lipinski definition) is 1. The Bertz CT molecular complexity index is 190.